The molecule has 1 saturated heterocycles. The molecule has 10 nitrogen and oxygen atoms in total. The van der Waals surface area contributed by atoms with Crippen LogP contribution in [0.25, 0.3) is 0 Å². The lowest BCUT2D eigenvalue weighted by molar-refractivity contribution is -0.307. The van der Waals surface area contributed by atoms with E-state index in [4.69, 9.17) is 5.73 Å². The third-order valence-electron chi connectivity index (χ3n) is 2.85. The Morgan fingerprint density at radius 2 is 1.76 bits per heavy atom. The highest BCUT2D eigenvalue weighted by Gasteiger charge is 2.41. The molecule has 10 heteroatoms. The first-order chi connectivity index (χ1) is 9.66. The molecule has 1 rings (SSSR count). The molecule has 2 N–H and O–H groups in total. The number of nitrogens with zero attached hydrogens (tertiary/aromatic N) is 3. The van der Waals surface area contributed by atoms with Crippen LogP contribution in [0.4, 0.5) is 4.79 Å². The number of hydrogen-bond donors (Lipinski definition) is 1. The van der Waals surface area contributed by atoms with Crippen LogP contribution in [0.2, 0.25) is 0 Å². The number of imide groups is 2. The van der Waals surface area contributed by atoms with Gasteiger partial charge in [0.2, 0.25) is 17.7 Å². The summed E-state index contributed by atoms with van der Waals surface area (Å²) in [5.41, 5.74) is 4.86. The van der Waals surface area contributed by atoms with E-state index in [0.29, 0.717) is 9.80 Å². The van der Waals surface area contributed by atoms with Gasteiger partial charge >= 0.3 is 6.03 Å². The van der Waals surface area contributed by atoms with Gasteiger partial charge in [-0.05, 0) is 0 Å². The van der Waals surface area contributed by atoms with Crippen LogP contribution in [0.3, 0.4) is 0 Å². The van der Waals surface area contributed by atoms with E-state index in [0.717, 1.165) is 6.21 Å². The zero-order valence-corrected chi connectivity index (χ0v) is 11.3. The Hall–Kier alpha value is -2.78. The van der Waals surface area contributed by atoms with Crippen molar-refractivity contribution in [3.8, 4) is 0 Å². The number of rotatable bonds is 5. The summed E-state index contributed by atoms with van der Waals surface area (Å²) in [6, 6.07) is -2.40. The number of carboxylic acid groups (broad SMARTS) is 1. The number of primary amides is 1. The molecular weight excluding hydrogens is 284 g/mol. The highest BCUT2D eigenvalue weighted by molar-refractivity contribution is 6.23. The zero-order valence-electron chi connectivity index (χ0n) is 11.3. The number of barbiturate groups is 1. The number of aliphatic carboxylic acids is 1. The van der Waals surface area contributed by atoms with Crippen molar-refractivity contribution >= 4 is 35.9 Å². The van der Waals surface area contributed by atoms with E-state index in [9.17, 15) is 29.1 Å². The molecule has 0 aromatic heterocycles. The highest BCUT2D eigenvalue weighted by atomic mass is 16.4. The Morgan fingerprint density at radius 3 is 2.14 bits per heavy atom. The molecule has 1 aliphatic rings. The normalized spacial score (nSPS) is 18.5. The number of amides is 5. The molecule has 0 saturated carbocycles. The average molecular weight is 297 g/mol. The van der Waals surface area contributed by atoms with Crippen molar-refractivity contribution in [1.82, 2.24) is 9.80 Å². The van der Waals surface area contributed by atoms with Crippen molar-refractivity contribution in [1.29, 1.82) is 0 Å². The van der Waals surface area contributed by atoms with Gasteiger partial charge in [-0.1, -0.05) is 0 Å². The molecule has 1 atom stereocenters. The quantitative estimate of drug-likeness (QED) is 0.414. The molecule has 114 valence electrons. The second kappa shape index (κ2) is 6.11. The lowest BCUT2D eigenvalue weighted by Crippen LogP contribution is -2.57. The van der Waals surface area contributed by atoms with E-state index in [-0.39, 0.29) is 0 Å². The fourth-order valence-corrected chi connectivity index (χ4v) is 1.64. The van der Waals surface area contributed by atoms with E-state index < -0.39 is 48.1 Å². The van der Waals surface area contributed by atoms with Gasteiger partial charge in [0.1, 0.15) is 0 Å². The van der Waals surface area contributed by atoms with Crippen LogP contribution in [0.5, 0.6) is 0 Å². The summed E-state index contributed by atoms with van der Waals surface area (Å²) in [6.07, 6.45) is 0.159. The van der Waals surface area contributed by atoms with Gasteiger partial charge in [0, 0.05) is 20.3 Å². The third kappa shape index (κ3) is 3.41. The average Bonchev–Trinajstić information content (AvgIpc) is 2.41. The maximum absolute atomic E-state index is 11.8. The van der Waals surface area contributed by atoms with Crippen molar-refractivity contribution < 1.29 is 29.1 Å². The number of aliphatic imine (C=N–C) groups is 1. The Morgan fingerprint density at radius 1 is 1.29 bits per heavy atom. The van der Waals surface area contributed by atoms with Crippen molar-refractivity contribution in [2.24, 2.45) is 16.6 Å². The van der Waals surface area contributed by atoms with Gasteiger partial charge in [-0.2, -0.15) is 0 Å². The molecule has 1 aliphatic heterocycles. The SMILES string of the molecule is CN1C(=O)C(C=N[C@H](CC(N)=O)C(=O)[O-])C(=O)N(C)C1=O. The number of carboxylic acids is 1. The highest BCUT2D eigenvalue weighted by Crippen LogP contribution is 2.14. The topological polar surface area (TPSA) is 153 Å². The van der Waals surface area contributed by atoms with Crippen LogP contribution < -0.4 is 10.8 Å². The smallest absolute Gasteiger partial charge is 0.332 e. The molecule has 0 unspecified atom stereocenters. The van der Waals surface area contributed by atoms with E-state index in [1.165, 1.54) is 14.1 Å². The Kier molecular flexibility index (Phi) is 4.74. The van der Waals surface area contributed by atoms with Gasteiger partial charge in [-0.15, -0.1) is 0 Å². The second-order valence-electron chi connectivity index (χ2n) is 4.36. The Labute approximate surface area is 119 Å². The number of hydrogen-bond acceptors (Lipinski definition) is 7. The van der Waals surface area contributed by atoms with Gasteiger partial charge in [-0.3, -0.25) is 29.2 Å². The predicted octanol–water partition coefficient (Wildman–Crippen LogP) is -3.28. The minimum Gasteiger partial charge on any atom is -0.548 e. The van der Waals surface area contributed by atoms with Gasteiger partial charge in [-0.25, -0.2) is 4.79 Å². The first-order valence-corrected chi connectivity index (χ1v) is 5.78. The molecule has 0 bridgehead atoms. The summed E-state index contributed by atoms with van der Waals surface area (Å²) in [7, 11) is 2.35. The van der Waals surface area contributed by atoms with E-state index in [1.807, 2.05) is 0 Å². The van der Waals surface area contributed by atoms with Crippen LogP contribution in [-0.2, 0) is 19.2 Å². The van der Waals surface area contributed by atoms with E-state index in [2.05, 4.69) is 4.99 Å². The fraction of sp³-hybridized carbons (Fsp3) is 0.455. The maximum Gasteiger partial charge on any atom is 0.332 e. The largest absolute Gasteiger partial charge is 0.548 e. The second-order valence-corrected chi connectivity index (χ2v) is 4.36. The molecule has 1 fully saturated rings. The number of nitrogens with two attached hydrogens (primary N) is 1. The number of urea groups is 1. The summed E-state index contributed by atoms with van der Waals surface area (Å²) in [5.74, 6) is -5.72. The first-order valence-electron chi connectivity index (χ1n) is 5.78. The summed E-state index contributed by atoms with van der Waals surface area (Å²) in [5, 5.41) is 10.8. The molecular formula is C11H13N4O6-. The Bertz CT molecular complexity index is 519. The van der Waals surface area contributed by atoms with Crippen LogP contribution in [-0.4, -0.2) is 65.9 Å². The van der Waals surface area contributed by atoms with Crippen LogP contribution in [0, 0.1) is 5.92 Å². The molecule has 0 radical (unpaired) electrons. The monoisotopic (exact) mass is 297 g/mol. The summed E-state index contributed by atoms with van der Waals surface area (Å²) >= 11 is 0. The zero-order chi connectivity index (χ0) is 16.3. The van der Waals surface area contributed by atoms with Gasteiger partial charge < -0.3 is 15.6 Å². The molecule has 1 heterocycles. The third-order valence-corrected chi connectivity index (χ3v) is 2.85. The van der Waals surface area contributed by atoms with Crippen molar-refractivity contribution in [3.05, 3.63) is 0 Å². The maximum atomic E-state index is 11.8. The standard InChI is InChI=1S/C11H14N4O6/c1-14-8(17)5(9(18)15(2)11(14)21)4-13-6(10(19)20)3-7(12)16/h4-6H,3H2,1-2H3,(H2,12,16)(H,19,20)/p-1/t6-/m1/s1. The molecule has 0 aliphatic carbocycles. The fourth-order valence-electron chi connectivity index (χ4n) is 1.64. The van der Waals surface area contributed by atoms with Crippen LogP contribution in [0.15, 0.2) is 4.99 Å². The molecule has 0 aromatic carbocycles. The Balaban J connectivity index is 2.98. The predicted molar refractivity (Wildman–Crippen MR) is 65.5 cm³/mol. The van der Waals surface area contributed by atoms with Crippen LogP contribution >= 0.6 is 0 Å². The van der Waals surface area contributed by atoms with Crippen molar-refractivity contribution in [2.45, 2.75) is 12.5 Å². The van der Waals surface area contributed by atoms with Gasteiger partial charge in [0.25, 0.3) is 0 Å². The van der Waals surface area contributed by atoms with Gasteiger partial charge in [0.15, 0.2) is 5.92 Å². The first kappa shape index (κ1) is 16.3. The minimum atomic E-state index is -1.67. The van der Waals surface area contributed by atoms with Gasteiger partial charge in [0.05, 0.1) is 18.4 Å². The molecule has 21 heavy (non-hydrogen) atoms. The summed E-state index contributed by atoms with van der Waals surface area (Å²) < 4.78 is 0. The van der Waals surface area contributed by atoms with Crippen molar-refractivity contribution in [2.75, 3.05) is 14.1 Å². The molecule has 5 amide bonds. The van der Waals surface area contributed by atoms with Crippen LogP contribution in [0.1, 0.15) is 6.42 Å². The lowest BCUT2D eigenvalue weighted by Gasteiger charge is -2.31. The number of carbonyl (C=O) groups is 5. The van der Waals surface area contributed by atoms with E-state index >= 15 is 0 Å². The van der Waals surface area contributed by atoms with E-state index in [1.54, 1.807) is 0 Å². The van der Waals surface area contributed by atoms with Crippen molar-refractivity contribution in [3.63, 3.8) is 0 Å². The lowest BCUT2D eigenvalue weighted by atomic mass is 10.1. The molecule has 0 aromatic rings. The summed E-state index contributed by atoms with van der Waals surface area (Å²) in [6.45, 7) is 0. The summed E-state index contributed by atoms with van der Waals surface area (Å²) in [4.78, 5) is 61.5. The number of carbonyl (C=O) groups excluding carboxylic acids is 5. The molecule has 0 spiro atoms. The minimum absolute atomic E-state index is 0.626.